The number of aromatic nitrogens is 1. The first-order valence-electron chi connectivity index (χ1n) is 7.38. The number of ether oxygens (including phenoxy) is 1. The highest BCUT2D eigenvalue weighted by atomic mass is 32.1. The number of amides is 1. The van der Waals surface area contributed by atoms with Crippen molar-refractivity contribution in [3.05, 3.63) is 82.1 Å². The summed E-state index contributed by atoms with van der Waals surface area (Å²) in [6, 6.07) is 15.3. The highest BCUT2D eigenvalue weighted by Crippen LogP contribution is 2.17. The summed E-state index contributed by atoms with van der Waals surface area (Å²) in [4.78, 5) is 17.1. The van der Waals surface area contributed by atoms with E-state index < -0.39 is 6.09 Å². The van der Waals surface area contributed by atoms with Crippen LogP contribution < -0.4 is 10.1 Å². The number of rotatable bonds is 5. The molecule has 3 rings (SSSR count). The van der Waals surface area contributed by atoms with Crippen LogP contribution in [0.3, 0.4) is 0 Å². The van der Waals surface area contributed by atoms with Crippen LogP contribution in [0.25, 0.3) is 0 Å². The third-order valence-corrected chi connectivity index (χ3v) is 4.23. The lowest BCUT2D eigenvalue weighted by atomic mass is 10.1. The van der Waals surface area contributed by atoms with E-state index in [9.17, 15) is 9.18 Å². The van der Waals surface area contributed by atoms with Crippen molar-refractivity contribution >= 4 is 17.4 Å². The number of para-hydroxylation sites is 1. The number of benzene rings is 2. The van der Waals surface area contributed by atoms with Crippen molar-refractivity contribution < 1.29 is 13.9 Å². The maximum absolute atomic E-state index is 12.9. The first-order chi connectivity index (χ1) is 11.7. The number of nitrogens with zero attached hydrogens (tertiary/aromatic N) is 1. The molecule has 0 fully saturated rings. The molecular weight excluding hydrogens is 327 g/mol. The molecule has 6 heteroatoms. The van der Waals surface area contributed by atoms with Crippen LogP contribution in [0, 0.1) is 5.82 Å². The smallest absolute Gasteiger partial charge is 0.410 e. The van der Waals surface area contributed by atoms with Crippen LogP contribution in [0.5, 0.6) is 5.75 Å². The Labute approximate surface area is 142 Å². The number of halogens is 1. The van der Waals surface area contributed by atoms with Crippen LogP contribution in [-0.4, -0.2) is 11.1 Å². The van der Waals surface area contributed by atoms with Gasteiger partial charge in [-0.2, -0.15) is 0 Å². The Morgan fingerprint density at radius 3 is 2.62 bits per heavy atom. The predicted octanol–water partition coefficient (Wildman–Crippen LogP) is 4.16. The number of carbonyl (C=O) groups excluding carboxylic acids is 1. The van der Waals surface area contributed by atoms with Gasteiger partial charge in [0.1, 0.15) is 16.6 Å². The molecular formula is C18H15FN2O2S. The quantitative estimate of drug-likeness (QED) is 0.757. The molecule has 24 heavy (non-hydrogen) atoms. The minimum absolute atomic E-state index is 0.245. The van der Waals surface area contributed by atoms with Gasteiger partial charge in [-0.1, -0.05) is 30.3 Å². The Bertz CT molecular complexity index is 803. The third kappa shape index (κ3) is 4.63. The van der Waals surface area contributed by atoms with Crippen molar-refractivity contribution in [2.45, 2.75) is 13.0 Å². The molecule has 0 saturated carbocycles. The van der Waals surface area contributed by atoms with Crippen molar-refractivity contribution in [2.75, 3.05) is 0 Å². The average Bonchev–Trinajstić information content (AvgIpc) is 3.04. The van der Waals surface area contributed by atoms with Gasteiger partial charge in [-0.15, -0.1) is 11.3 Å². The van der Waals surface area contributed by atoms with E-state index in [4.69, 9.17) is 4.74 Å². The van der Waals surface area contributed by atoms with E-state index in [2.05, 4.69) is 10.3 Å². The minimum Gasteiger partial charge on any atom is -0.410 e. The van der Waals surface area contributed by atoms with Gasteiger partial charge in [-0.3, -0.25) is 0 Å². The van der Waals surface area contributed by atoms with Crippen LogP contribution in [0.15, 0.2) is 60.8 Å². The Kier molecular flexibility index (Phi) is 5.18. The summed E-state index contributed by atoms with van der Waals surface area (Å²) in [5.41, 5.74) is 1.02. The van der Waals surface area contributed by atoms with Gasteiger partial charge in [-0.05, 0) is 29.8 Å². The summed E-state index contributed by atoms with van der Waals surface area (Å²) in [6.07, 6.45) is 1.94. The number of hydrogen-bond donors (Lipinski definition) is 1. The molecule has 0 aliphatic carbocycles. The van der Waals surface area contributed by atoms with Crippen molar-refractivity contribution in [3.8, 4) is 5.75 Å². The van der Waals surface area contributed by atoms with E-state index >= 15 is 0 Å². The zero-order valence-electron chi connectivity index (χ0n) is 12.7. The maximum atomic E-state index is 12.9. The number of thiazole rings is 1. The second-order valence-corrected chi connectivity index (χ2v) is 6.28. The molecule has 0 bridgehead atoms. The molecule has 122 valence electrons. The van der Waals surface area contributed by atoms with E-state index in [1.54, 1.807) is 42.6 Å². The molecule has 2 aromatic carbocycles. The monoisotopic (exact) mass is 342 g/mol. The van der Waals surface area contributed by atoms with E-state index in [0.29, 0.717) is 18.7 Å². The largest absolute Gasteiger partial charge is 0.412 e. The SMILES string of the molecule is O=C(NCc1ncc(Cc2ccc(F)cc2)s1)Oc1ccccc1. The molecule has 1 aromatic heterocycles. The first-order valence-corrected chi connectivity index (χ1v) is 8.19. The van der Waals surface area contributed by atoms with E-state index in [0.717, 1.165) is 15.4 Å². The Morgan fingerprint density at radius 2 is 1.88 bits per heavy atom. The molecule has 1 heterocycles. The molecule has 4 nitrogen and oxygen atoms in total. The molecule has 0 aliphatic heterocycles. The lowest BCUT2D eigenvalue weighted by Crippen LogP contribution is -2.26. The fraction of sp³-hybridized carbons (Fsp3) is 0.111. The van der Waals surface area contributed by atoms with Gasteiger partial charge in [0.05, 0.1) is 6.54 Å². The molecule has 0 spiro atoms. The van der Waals surface area contributed by atoms with Crippen LogP contribution in [0.2, 0.25) is 0 Å². The second-order valence-electron chi connectivity index (χ2n) is 5.08. The topological polar surface area (TPSA) is 51.2 Å². The van der Waals surface area contributed by atoms with E-state index in [1.165, 1.54) is 23.5 Å². The average molecular weight is 342 g/mol. The number of nitrogens with one attached hydrogen (secondary N) is 1. The third-order valence-electron chi connectivity index (χ3n) is 3.23. The molecule has 0 saturated heterocycles. The summed E-state index contributed by atoms with van der Waals surface area (Å²) in [7, 11) is 0. The predicted molar refractivity (Wildman–Crippen MR) is 90.6 cm³/mol. The lowest BCUT2D eigenvalue weighted by molar-refractivity contribution is 0.200. The van der Waals surface area contributed by atoms with Gasteiger partial charge in [0.2, 0.25) is 0 Å². The van der Waals surface area contributed by atoms with Crippen LogP contribution >= 0.6 is 11.3 Å². The first kappa shape index (κ1) is 16.1. The van der Waals surface area contributed by atoms with Crippen molar-refractivity contribution in [1.82, 2.24) is 10.3 Å². The second kappa shape index (κ2) is 7.70. The van der Waals surface area contributed by atoms with Gasteiger partial charge in [-0.25, -0.2) is 14.2 Å². The standard InChI is InChI=1S/C18H15FN2O2S/c19-14-8-6-13(7-9-14)10-16-11-20-17(24-16)12-21-18(22)23-15-4-2-1-3-5-15/h1-9,11H,10,12H2,(H,21,22). The normalized spacial score (nSPS) is 10.4. The summed E-state index contributed by atoms with van der Waals surface area (Å²) < 4.78 is 18.0. The van der Waals surface area contributed by atoms with E-state index in [-0.39, 0.29) is 5.82 Å². The van der Waals surface area contributed by atoms with Gasteiger partial charge in [0, 0.05) is 17.5 Å². The maximum Gasteiger partial charge on any atom is 0.412 e. The zero-order chi connectivity index (χ0) is 16.8. The molecule has 0 radical (unpaired) electrons. The minimum atomic E-state index is -0.517. The fourth-order valence-corrected chi connectivity index (χ4v) is 2.99. The molecule has 0 unspecified atom stereocenters. The van der Waals surface area contributed by atoms with Crippen LogP contribution in [-0.2, 0) is 13.0 Å². The Balaban J connectivity index is 1.50. The van der Waals surface area contributed by atoms with Gasteiger partial charge in [0.25, 0.3) is 0 Å². The highest BCUT2D eigenvalue weighted by Gasteiger charge is 2.07. The number of carbonyl (C=O) groups is 1. The molecule has 0 aliphatic rings. The molecule has 0 atom stereocenters. The summed E-state index contributed by atoms with van der Waals surface area (Å²) in [5.74, 6) is 0.246. The summed E-state index contributed by atoms with van der Waals surface area (Å²) >= 11 is 1.51. The fourth-order valence-electron chi connectivity index (χ4n) is 2.09. The molecule has 3 aromatic rings. The summed E-state index contributed by atoms with van der Waals surface area (Å²) in [6.45, 7) is 0.305. The van der Waals surface area contributed by atoms with Crippen LogP contribution in [0.4, 0.5) is 9.18 Å². The summed E-state index contributed by atoms with van der Waals surface area (Å²) in [5, 5.41) is 3.46. The van der Waals surface area contributed by atoms with Crippen molar-refractivity contribution in [3.63, 3.8) is 0 Å². The Morgan fingerprint density at radius 1 is 1.12 bits per heavy atom. The zero-order valence-corrected chi connectivity index (χ0v) is 13.6. The van der Waals surface area contributed by atoms with Gasteiger partial charge >= 0.3 is 6.09 Å². The van der Waals surface area contributed by atoms with Gasteiger partial charge in [0.15, 0.2) is 0 Å². The van der Waals surface area contributed by atoms with Crippen LogP contribution in [0.1, 0.15) is 15.4 Å². The number of hydrogen-bond acceptors (Lipinski definition) is 4. The molecule has 1 amide bonds. The highest BCUT2D eigenvalue weighted by molar-refractivity contribution is 7.11. The van der Waals surface area contributed by atoms with Crippen molar-refractivity contribution in [1.29, 1.82) is 0 Å². The lowest BCUT2D eigenvalue weighted by Gasteiger charge is -2.04. The molecule has 1 N–H and O–H groups in total. The van der Waals surface area contributed by atoms with E-state index in [1.807, 2.05) is 6.07 Å². The van der Waals surface area contributed by atoms with Gasteiger partial charge < -0.3 is 10.1 Å². The Hall–Kier alpha value is -2.73. The van der Waals surface area contributed by atoms with Crippen molar-refractivity contribution in [2.24, 2.45) is 0 Å².